The van der Waals surface area contributed by atoms with Crippen LogP contribution in [-0.2, 0) is 17.9 Å². The lowest BCUT2D eigenvalue weighted by molar-refractivity contribution is -0.118. The fourth-order valence-electron chi connectivity index (χ4n) is 3.24. The van der Waals surface area contributed by atoms with Gasteiger partial charge in [0.1, 0.15) is 18.1 Å². The standard InChI is InChI=1S/C26H26BrN7O3S/c1-36-22-11-9-18(10-12-22)14-29-24(35)17-38-26-33-32-25(34(26)28)31-30-15-20-6-2-3-8-23(20)37-16-19-5-4-7-21(27)13-19/h2-13,15H,14,16-17,28H2,1H3,(H,29,35)(H,31,32)/b30-15+. The molecular formula is C26H26BrN7O3S. The second-order valence-corrected chi connectivity index (χ2v) is 9.77. The molecule has 1 amide bonds. The summed E-state index contributed by atoms with van der Waals surface area (Å²) in [4.78, 5) is 12.2. The van der Waals surface area contributed by atoms with Crippen molar-refractivity contribution in [1.82, 2.24) is 20.2 Å². The van der Waals surface area contributed by atoms with Crippen LogP contribution in [0, 0.1) is 0 Å². The van der Waals surface area contributed by atoms with E-state index in [1.54, 1.807) is 13.3 Å². The van der Waals surface area contributed by atoms with Crippen molar-refractivity contribution in [2.24, 2.45) is 5.10 Å². The van der Waals surface area contributed by atoms with Crippen LogP contribution in [0.2, 0.25) is 0 Å². The summed E-state index contributed by atoms with van der Waals surface area (Å²) in [7, 11) is 1.61. The number of anilines is 1. The van der Waals surface area contributed by atoms with E-state index in [4.69, 9.17) is 15.3 Å². The van der Waals surface area contributed by atoms with E-state index >= 15 is 0 Å². The number of aromatic nitrogens is 3. The molecule has 0 atom stereocenters. The summed E-state index contributed by atoms with van der Waals surface area (Å²) in [5.41, 5.74) is 5.57. The molecular weight excluding hydrogens is 570 g/mol. The van der Waals surface area contributed by atoms with Crippen LogP contribution in [0.15, 0.2) is 87.5 Å². The Morgan fingerprint density at radius 1 is 1.11 bits per heavy atom. The third kappa shape index (κ3) is 7.73. The van der Waals surface area contributed by atoms with Gasteiger partial charge in [0.25, 0.3) is 5.95 Å². The first-order valence-electron chi connectivity index (χ1n) is 11.5. The summed E-state index contributed by atoms with van der Waals surface area (Å²) in [5, 5.41) is 15.5. The molecule has 0 radical (unpaired) electrons. The van der Waals surface area contributed by atoms with E-state index in [1.807, 2.05) is 72.8 Å². The van der Waals surface area contributed by atoms with Crippen LogP contribution in [0.1, 0.15) is 16.7 Å². The Kier molecular flexibility index (Phi) is 9.59. The van der Waals surface area contributed by atoms with Gasteiger partial charge in [-0.15, -0.1) is 10.2 Å². The van der Waals surface area contributed by atoms with Gasteiger partial charge in [0.05, 0.1) is 19.1 Å². The second kappa shape index (κ2) is 13.5. The number of benzene rings is 3. The smallest absolute Gasteiger partial charge is 0.264 e. The molecule has 12 heteroatoms. The first-order chi connectivity index (χ1) is 18.5. The average molecular weight is 597 g/mol. The number of para-hydroxylation sites is 1. The summed E-state index contributed by atoms with van der Waals surface area (Å²) in [6.07, 6.45) is 1.62. The number of ether oxygens (including phenoxy) is 2. The summed E-state index contributed by atoms with van der Waals surface area (Å²) in [5.74, 6) is 7.74. The van der Waals surface area contributed by atoms with Crippen molar-refractivity contribution in [1.29, 1.82) is 0 Å². The molecule has 196 valence electrons. The summed E-state index contributed by atoms with van der Waals surface area (Å²) < 4.78 is 13.4. The number of hydrogen-bond acceptors (Lipinski definition) is 9. The minimum atomic E-state index is -0.152. The van der Waals surface area contributed by atoms with Gasteiger partial charge in [-0.3, -0.25) is 4.79 Å². The van der Waals surface area contributed by atoms with Crippen molar-refractivity contribution >= 4 is 45.8 Å². The maximum atomic E-state index is 12.2. The number of carbonyl (C=O) groups excluding carboxylic acids is 1. The number of nitrogens with zero attached hydrogens (tertiary/aromatic N) is 4. The Hall–Kier alpha value is -4.03. The summed E-state index contributed by atoms with van der Waals surface area (Å²) in [6, 6.07) is 23.0. The van der Waals surface area contributed by atoms with Gasteiger partial charge in [0, 0.05) is 16.6 Å². The number of halogens is 1. The fourth-order valence-corrected chi connectivity index (χ4v) is 4.38. The number of hydrogen-bond donors (Lipinski definition) is 3. The maximum Gasteiger partial charge on any atom is 0.264 e. The van der Waals surface area contributed by atoms with E-state index < -0.39 is 0 Å². The van der Waals surface area contributed by atoms with Gasteiger partial charge < -0.3 is 20.6 Å². The van der Waals surface area contributed by atoms with E-state index in [1.165, 1.54) is 16.4 Å². The molecule has 0 saturated carbocycles. The molecule has 38 heavy (non-hydrogen) atoms. The Balaban J connectivity index is 1.27. The van der Waals surface area contributed by atoms with E-state index in [9.17, 15) is 4.79 Å². The molecule has 0 fully saturated rings. The Labute approximate surface area is 232 Å². The molecule has 1 heterocycles. The highest BCUT2D eigenvalue weighted by Gasteiger charge is 2.12. The number of nitrogens with one attached hydrogen (secondary N) is 2. The van der Waals surface area contributed by atoms with Gasteiger partial charge in [-0.25, -0.2) is 10.1 Å². The number of hydrazone groups is 1. The van der Waals surface area contributed by atoms with Crippen LogP contribution >= 0.6 is 27.7 Å². The molecule has 0 unspecified atom stereocenters. The number of nitrogens with two attached hydrogens (primary N) is 1. The van der Waals surface area contributed by atoms with E-state index in [2.05, 4.69) is 42.0 Å². The summed E-state index contributed by atoms with van der Waals surface area (Å²) >= 11 is 4.64. The van der Waals surface area contributed by atoms with Gasteiger partial charge in [-0.05, 0) is 47.5 Å². The van der Waals surface area contributed by atoms with Gasteiger partial charge in [-0.1, -0.05) is 64.1 Å². The highest BCUT2D eigenvalue weighted by Crippen LogP contribution is 2.20. The molecule has 0 spiro atoms. The lowest BCUT2D eigenvalue weighted by Crippen LogP contribution is -2.25. The van der Waals surface area contributed by atoms with Crippen LogP contribution in [-0.4, -0.2) is 39.9 Å². The molecule has 0 saturated heterocycles. The number of rotatable bonds is 12. The van der Waals surface area contributed by atoms with Crippen molar-refractivity contribution in [3.63, 3.8) is 0 Å². The highest BCUT2D eigenvalue weighted by atomic mass is 79.9. The molecule has 0 bridgehead atoms. The number of thioether (sulfide) groups is 1. The number of carbonyl (C=O) groups is 1. The maximum absolute atomic E-state index is 12.2. The zero-order chi connectivity index (χ0) is 26.7. The van der Waals surface area contributed by atoms with E-state index in [0.29, 0.717) is 24.1 Å². The monoisotopic (exact) mass is 595 g/mol. The SMILES string of the molecule is COc1ccc(CNC(=O)CSc2nnc(N/N=C/c3ccccc3OCc3cccc(Br)c3)n2N)cc1. The zero-order valence-corrected chi connectivity index (χ0v) is 22.9. The number of methoxy groups -OCH3 is 1. The average Bonchev–Trinajstić information content (AvgIpc) is 3.29. The Morgan fingerprint density at radius 2 is 1.92 bits per heavy atom. The molecule has 4 aromatic rings. The van der Waals surface area contributed by atoms with Crippen molar-refractivity contribution in [2.75, 3.05) is 24.1 Å². The van der Waals surface area contributed by atoms with Crippen LogP contribution in [0.3, 0.4) is 0 Å². The first kappa shape index (κ1) is 27.0. The lowest BCUT2D eigenvalue weighted by Gasteiger charge is -2.09. The highest BCUT2D eigenvalue weighted by molar-refractivity contribution is 9.10. The zero-order valence-electron chi connectivity index (χ0n) is 20.5. The predicted octanol–water partition coefficient (Wildman–Crippen LogP) is 4.20. The molecule has 10 nitrogen and oxygen atoms in total. The quantitative estimate of drug-likeness (QED) is 0.0962. The van der Waals surface area contributed by atoms with Crippen LogP contribution < -0.4 is 26.1 Å². The largest absolute Gasteiger partial charge is 0.497 e. The van der Waals surface area contributed by atoms with E-state index in [-0.39, 0.29) is 17.6 Å². The first-order valence-corrected chi connectivity index (χ1v) is 13.3. The molecule has 4 N–H and O–H groups in total. The minimum absolute atomic E-state index is 0.136. The molecule has 0 aliphatic rings. The molecule has 3 aromatic carbocycles. The van der Waals surface area contributed by atoms with Crippen LogP contribution in [0.5, 0.6) is 11.5 Å². The van der Waals surface area contributed by atoms with Crippen LogP contribution in [0.25, 0.3) is 0 Å². The topological polar surface area (TPSA) is 129 Å². The molecule has 0 aliphatic carbocycles. The van der Waals surface area contributed by atoms with E-state index in [0.717, 1.165) is 26.9 Å². The molecule has 4 rings (SSSR count). The third-order valence-corrected chi connectivity index (χ3v) is 6.65. The van der Waals surface area contributed by atoms with Gasteiger partial charge in [0.2, 0.25) is 11.1 Å². The minimum Gasteiger partial charge on any atom is -0.497 e. The normalized spacial score (nSPS) is 10.9. The predicted molar refractivity (Wildman–Crippen MR) is 152 cm³/mol. The second-order valence-electron chi connectivity index (χ2n) is 7.92. The van der Waals surface area contributed by atoms with Crippen molar-refractivity contribution in [3.05, 3.63) is 94.0 Å². The van der Waals surface area contributed by atoms with Gasteiger partial charge >= 0.3 is 0 Å². The third-order valence-electron chi connectivity index (χ3n) is 5.22. The molecule has 1 aromatic heterocycles. The number of nitrogen functional groups attached to an aromatic ring is 1. The van der Waals surface area contributed by atoms with Crippen molar-refractivity contribution < 1.29 is 14.3 Å². The Bertz CT molecular complexity index is 1400. The van der Waals surface area contributed by atoms with Crippen molar-refractivity contribution in [3.8, 4) is 11.5 Å². The Morgan fingerprint density at radius 3 is 2.71 bits per heavy atom. The number of amides is 1. The van der Waals surface area contributed by atoms with Crippen LogP contribution in [0.4, 0.5) is 5.95 Å². The fraction of sp³-hybridized carbons (Fsp3) is 0.154. The summed E-state index contributed by atoms with van der Waals surface area (Å²) in [6.45, 7) is 0.831. The van der Waals surface area contributed by atoms with Crippen molar-refractivity contribution in [2.45, 2.75) is 18.3 Å². The van der Waals surface area contributed by atoms with Gasteiger partial charge in [-0.2, -0.15) is 5.10 Å². The lowest BCUT2D eigenvalue weighted by atomic mass is 10.2. The van der Waals surface area contributed by atoms with Gasteiger partial charge in [0.15, 0.2) is 0 Å². The molecule has 0 aliphatic heterocycles.